The number of likely N-dealkylation sites (tertiary alicyclic amines) is 1. The summed E-state index contributed by atoms with van der Waals surface area (Å²) in [6.45, 7) is 13.5. The molecule has 8 heteroatoms. The van der Waals surface area contributed by atoms with Crippen molar-refractivity contribution in [2.24, 2.45) is 0 Å². The number of amides is 2. The highest BCUT2D eigenvalue weighted by Crippen LogP contribution is 2.27. The van der Waals surface area contributed by atoms with Gasteiger partial charge in [0.25, 0.3) is 0 Å². The quantitative estimate of drug-likeness (QED) is 0.792. The predicted molar refractivity (Wildman–Crippen MR) is 96.2 cm³/mol. The summed E-state index contributed by atoms with van der Waals surface area (Å²) < 4.78 is 16.2. The van der Waals surface area contributed by atoms with Crippen LogP contribution in [0.1, 0.15) is 53.7 Å². The van der Waals surface area contributed by atoms with Crippen LogP contribution in [0.4, 0.5) is 15.5 Å². The van der Waals surface area contributed by atoms with Crippen molar-refractivity contribution in [1.82, 2.24) is 10.1 Å². The number of anilines is 1. The number of carbonyl (C=O) groups is 2. The highest BCUT2D eigenvalue weighted by atomic mass is 16.6. The minimum atomic E-state index is -0.645. The molecule has 0 N–H and O–H groups in total. The normalized spacial score (nSPS) is 18.0. The molecular weight excluding hydrogens is 338 g/mol. The Morgan fingerprint density at radius 2 is 1.81 bits per heavy atom. The van der Waals surface area contributed by atoms with Gasteiger partial charge in [-0.15, -0.1) is 0 Å². The van der Waals surface area contributed by atoms with Crippen LogP contribution < -0.4 is 4.90 Å². The van der Waals surface area contributed by atoms with Crippen LogP contribution in [0.3, 0.4) is 0 Å². The highest BCUT2D eigenvalue weighted by molar-refractivity contribution is 5.87. The van der Waals surface area contributed by atoms with Crippen LogP contribution in [0.2, 0.25) is 0 Å². The number of hydrogen-bond acceptors (Lipinski definition) is 6. The summed E-state index contributed by atoms with van der Waals surface area (Å²) in [4.78, 5) is 28.1. The highest BCUT2D eigenvalue weighted by Gasteiger charge is 2.39. The van der Waals surface area contributed by atoms with E-state index in [-0.39, 0.29) is 6.04 Å². The van der Waals surface area contributed by atoms with Crippen LogP contribution in [0.15, 0.2) is 10.6 Å². The van der Waals surface area contributed by atoms with Crippen LogP contribution in [0.25, 0.3) is 0 Å². The van der Waals surface area contributed by atoms with Gasteiger partial charge < -0.3 is 18.9 Å². The maximum Gasteiger partial charge on any atom is 0.417 e. The third kappa shape index (κ3) is 5.37. The first-order valence-electron chi connectivity index (χ1n) is 8.79. The Morgan fingerprint density at radius 1 is 1.19 bits per heavy atom. The van der Waals surface area contributed by atoms with Crippen LogP contribution in [-0.2, 0) is 9.47 Å². The molecule has 0 aromatic carbocycles. The fourth-order valence-electron chi connectivity index (χ4n) is 2.64. The van der Waals surface area contributed by atoms with Gasteiger partial charge in [-0.25, -0.2) is 14.5 Å². The summed E-state index contributed by atoms with van der Waals surface area (Å²) >= 11 is 0. The van der Waals surface area contributed by atoms with Gasteiger partial charge in [-0.1, -0.05) is 5.16 Å². The van der Waals surface area contributed by atoms with Crippen molar-refractivity contribution in [2.45, 2.75) is 72.1 Å². The average molecular weight is 367 g/mol. The van der Waals surface area contributed by atoms with Gasteiger partial charge in [-0.3, -0.25) is 0 Å². The molecule has 0 aliphatic carbocycles. The molecule has 1 saturated heterocycles. The molecule has 2 rings (SSSR count). The lowest BCUT2D eigenvalue weighted by Gasteiger charge is -2.29. The average Bonchev–Trinajstić information content (AvgIpc) is 3.05. The van der Waals surface area contributed by atoms with Gasteiger partial charge in [-0.2, -0.15) is 0 Å². The zero-order valence-corrected chi connectivity index (χ0v) is 16.7. The van der Waals surface area contributed by atoms with Gasteiger partial charge in [0.05, 0.1) is 11.7 Å². The molecule has 2 amide bonds. The van der Waals surface area contributed by atoms with E-state index in [1.807, 2.05) is 20.8 Å². The lowest BCUT2D eigenvalue weighted by molar-refractivity contribution is 0.0287. The van der Waals surface area contributed by atoms with Crippen molar-refractivity contribution < 1.29 is 23.6 Å². The first kappa shape index (κ1) is 20.1. The molecule has 0 radical (unpaired) electrons. The third-order valence-corrected chi connectivity index (χ3v) is 3.62. The minimum absolute atomic E-state index is 0.273. The molecule has 1 aromatic rings. The molecule has 0 bridgehead atoms. The third-order valence-electron chi connectivity index (χ3n) is 3.62. The molecule has 2 heterocycles. The Bertz CT molecular complexity index is 657. The number of hydrogen-bond donors (Lipinski definition) is 0. The lowest BCUT2D eigenvalue weighted by Crippen LogP contribution is -2.45. The monoisotopic (exact) mass is 367 g/mol. The number of aryl methyl sites for hydroxylation is 1. The summed E-state index contributed by atoms with van der Waals surface area (Å²) in [5.41, 5.74) is -0.550. The Kier molecular flexibility index (Phi) is 5.53. The molecule has 146 valence electrons. The van der Waals surface area contributed by atoms with E-state index in [0.717, 1.165) is 0 Å². The summed E-state index contributed by atoms with van der Waals surface area (Å²) in [5, 5.41) is 3.86. The molecule has 1 atom stereocenters. The summed E-state index contributed by atoms with van der Waals surface area (Å²) in [6.07, 6.45) is -0.319. The van der Waals surface area contributed by atoms with Crippen LogP contribution >= 0.6 is 0 Å². The van der Waals surface area contributed by atoms with Crippen LogP contribution in [-0.4, -0.2) is 52.6 Å². The Morgan fingerprint density at radius 3 is 2.31 bits per heavy atom. The van der Waals surface area contributed by atoms with Gasteiger partial charge in [0, 0.05) is 19.2 Å². The first-order chi connectivity index (χ1) is 11.9. The maximum atomic E-state index is 12.7. The Labute approximate surface area is 154 Å². The fourth-order valence-corrected chi connectivity index (χ4v) is 2.64. The molecule has 26 heavy (non-hydrogen) atoms. The lowest BCUT2D eigenvalue weighted by atomic mass is 10.2. The Balaban J connectivity index is 2.16. The van der Waals surface area contributed by atoms with Crippen molar-refractivity contribution >= 4 is 18.1 Å². The second-order valence-electron chi connectivity index (χ2n) is 8.53. The zero-order chi connectivity index (χ0) is 19.7. The second kappa shape index (κ2) is 7.17. The first-order valence-corrected chi connectivity index (χ1v) is 8.79. The fraction of sp³-hybridized carbons (Fsp3) is 0.722. The SMILES string of the molecule is Cc1cc(N(C(=O)OC(C)(C)C)[C@H]2CCN(C(=O)OC(C)(C)C)C2)on1. The van der Waals surface area contributed by atoms with Crippen molar-refractivity contribution in [3.8, 4) is 0 Å². The smallest absolute Gasteiger partial charge is 0.417 e. The van der Waals surface area contributed by atoms with E-state index in [9.17, 15) is 9.59 Å². The zero-order valence-electron chi connectivity index (χ0n) is 16.7. The van der Waals surface area contributed by atoms with Crippen molar-refractivity contribution in [2.75, 3.05) is 18.0 Å². The van der Waals surface area contributed by atoms with E-state index in [1.165, 1.54) is 4.90 Å². The van der Waals surface area contributed by atoms with Gasteiger partial charge in [0.15, 0.2) is 0 Å². The van der Waals surface area contributed by atoms with E-state index in [1.54, 1.807) is 38.7 Å². The minimum Gasteiger partial charge on any atom is -0.444 e. The number of ether oxygens (including phenoxy) is 2. The molecule has 1 aliphatic heterocycles. The van der Waals surface area contributed by atoms with Gasteiger partial charge in [0.1, 0.15) is 11.2 Å². The molecular formula is C18H29N3O5. The predicted octanol–water partition coefficient (Wildman–Crippen LogP) is 3.73. The van der Waals surface area contributed by atoms with E-state index in [0.29, 0.717) is 31.1 Å². The molecule has 1 fully saturated rings. The molecule has 8 nitrogen and oxygen atoms in total. The van der Waals surface area contributed by atoms with Gasteiger partial charge >= 0.3 is 12.2 Å². The number of aromatic nitrogens is 1. The van der Waals surface area contributed by atoms with Crippen molar-refractivity contribution in [1.29, 1.82) is 0 Å². The van der Waals surface area contributed by atoms with Crippen LogP contribution in [0, 0.1) is 6.92 Å². The van der Waals surface area contributed by atoms with E-state index in [4.69, 9.17) is 14.0 Å². The van der Waals surface area contributed by atoms with E-state index < -0.39 is 23.4 Å². The van der Waals surface area contributed by atoms with E-state index >= 15 is 0 Å². The standard InChI is InChI=1S/C18H29N3O5/c1-12-10-14(26-19-12)21(16(23)25-18(5,6)7)13-8-9-20(11-13)15(22)24-17(2,3)4/h10,13H,8-9,11H2,1-7H3/t13-/m0/s1. The van der Waals surface area contributed by atoms with Gasteiger partial charge in [-0.05, 0) is 54.9 Å². The summed E-state index contributed by atoms with van der Waals surface area (Å²) in [5.74, 6) is 0.313. The van der Waals surface area contributed by atoms with Crippen molar-refractivity contribution in [3.63, 3.8) is 0 Å². The number of carbonyl (C=O) groups excluding carboxylic acids is 2. The molecule has 0 unspecified atom stereocenters. The molecule has 0 saturated carbocycles. The molecule has 0 spiro atoms. The van der Waals surface area contributed by atoms with Crippen molar-refractivity contribution in [3.05, 3.63) is 11.8 Å². The molecule has 1 aromatic heterocycles. The van der Waals surface area contributed by atoms with Gasteiger partial charge in [0.2, 0.25) is 5.88 Å². The maximum absolute atomic E-state index is 12.7. The summed E-state index contributed by atoms with van der Waals surface area (Å²) in [6, 6.07) is 1.41. The van der Waals surface area contributed by atoms with E-state index in [2.05, 4.69) is 5.16 Å². The number of nitrogens with zero attached hydrogens (tertiary/aromatic N) is 3. The topological polar surface area (TPSA) is 85.1 Å². The second-order valence-corrected chi connectivity index (χ2v) is 8.53. The summed E-state index contributed by atoms with van der Waals surface area (Å²) in [7, 11) is 0. The Hall–Kier alpha value is -2.25. The van der Waals surface area contributed by atoms with Crippen LogP contribution in [0.5, 0.6) is 0 Å². The molecule has 1 aliphatic rings. The number of rotatable bonds is 2. The largest absolute Gasteiger partial charge is 0.444 e.